The van der Waals surface area contributed by atoms with E-state index in [1.165, 1.54) is 17.7 Å². The lowest BCUT2D eigenvalue weighted by atomic mass is 10.1. The van der Waals surface area contributed by atoms with E-state index in [0.29, 0.717) is 0 Å². The third-order valence-electron chi connectivity index (χ3n) is 3.72. The normalized spacial score (nSPS) is 11.1. The van der Waals surface area contributed by atoms with Crippen molar-refractivity contribution >= 4 is 23.6 Å². The highest BCUT2D eigenvalue weighted by molar-refractivity contribution is 5.92. The molecule has 0 unspecified atom stereocenters. The van der Waals surface area contributed by atoms with Crippen LogP contribution in [0.5, 0.6) is 11.5 Å². The molecule has 0 spiro atoms. The lowest BCUT2D eigenvalue weighted by Gasteiger charge is -2.04. The van der Waals surface area contributed by atoms with Gasteiger partial charge in [0.1, 0.15) is 5.75 Å². The Labute approximate surface area is 157 Å². The second-order valence-corrected chi connectivity index (χ2v) is 5.73. The van der Waals surface area contributed by atoms with E-state index >= 15 is 0 Å². The van der Waals surface area contributed by atoms with Crippen LogP contribution in [-0.2, 0) is 0 Å². The summed E-state index contributed by atoms with van der Waals surface area (Å²) >= 11 is 0. The second kappa shape index (κ2) is 7.26. The Morgan fingerprint density at radius 2 is 2.11 bits per heavy atom. The van der Waals surface area contributed by atoms with E-state index in [2.05, 4.69) is 25.6 Å². The number of rotatable bonds is 5. The highest BCUT2D eigenvalue weighted by atomic mass is 16.6. The maximum absolute atomic E-state index is 12.2. The molecule has 0 fully saturated rings. The molecule has 12 nitrogen and oxygen atoms in total. The fourth-order valence-electron chi connectivity index (χ4n) is 2.44. The van der Waals surface area contributed by atoms with Crippen molar-refractivity contribution in [3.8, 4) is 11.5 Å². The van der Waals surface area contributed by atoms with E-state index in [4.69, 9.17) is 4.74 Å². The number of nitro benzene ring substituents is 1. The number of nitro groups is 1. The number of amides is 1. The summed E-state index contributed by atoms with van der Waals surface area (Å²) in [7, 11) is 1.33. The van der Waals surface area contributed by atoms with Crippen LogP contribution < -0.4 is 10.2 Å². The first-order valence-electron chi connectivity index (χ1n) is 7.90. The smallest absolute Gasteiger partial charge is 0.315 e. The van der Waals surface area contributed by atoms with Crippen molar-refractivity contribution in [2.75, 3.05) is 7.11 Å². The molecule has 2 aromatic heterocycles. The second-order valence-electron chi connectivity index (χ2n) is 5.73. The number of carbonyl (C=O) groups is 1. The molecular weight excluding hydrogens is 370 g/mol. The Balaban J connectivity index is 1.83. The Bertz CT molecular complexity index is 1120. The minimum absolute atomic E-state index is 0.0116. The van der Waals surface area contributed by atoms with Crippen LogP contribution in [0, 0.1) is 24.0 Å². The van der Waals surface area contributed by atoms with Gasteiger partial charge in [-0.25, -0.2) is 14.9 Å². The summed E-state index contributed by atoms with van der Waals surface area (Å²) in [6, 6.07) is 4.19. The largest absolute Gasteiger partial charge is 0.502 e. The van der Waals surface area contributed by atoms with E-state index < -0.39 is 22.3 Å². The number of aromatic hydroxyl groups is 1. The number of nitrogens with zero attached hydrogens (tertiary/aromatic N) is 6. The van der Waals surface area contributed by atoms with Crippen LogP contribution in [-0.4, -0.2) is 48.8 Å². The zero-order valence-electron chi connectivity index (χ0n) is 15.1. The van der Waals surface area contributed by atoms with Crippen molar-refractivity contribution in [2.24, 2.45) is 5.10 Å². The molecule has 0 saturated carbocycles. The first-order valence-corrected chi connectivity index (χ1v) is 7.90. The molecule has 3 rings (SSSR count). The van der Waals surface area contributed by atoms with Gasteiger partial charge in [-0.1, -0.05) is 0 Å². The molecule has 1 aromatic carbocycles. The maximum Gasteiger partial charge on any atom is 0.315 e. The number of hydrazone groups is 1. The number of phenols is 1. The van der Waals surface area contributed by atoms with Gasteiger partial charge in [-0.05, 0) is 26.0 Å². The third kappa shape index (κ3) is 3.56. The highest BCUT2D eigenvalue weighted by Gasteiger charge is 2.19. The fourth-order valence-corrected chi connectivity index (χ4v) is 2.44. The standard InChI is InChI=1S/C16H15N7O5/c1-8-4-9(2)22-16(18-8)19-14(21-22)15(25)20-17-7-10-5-11(28-3)6-12(13(10)24)23(26)27/h4-7,24H,1-3H3,(H,20,25)/b17-7-. The number of fused-ring (bicyclic) bond motifs is 1. The molecule has 0 aliphatic carbocycles. The number of aryl methyl sites for hydroxylation is 2. The minimum atomic E-state index is -0.758. The van der Waals surface area contributed by atoms with Crippen LogP contribution in [0.3, 0.4) is 0 Å². The molecule has 3 aromatic rings. The molecule has 28 heavy (non-hydrogen) atoms. The Kier molecular flexibility index (Phi) is 4.85. The van der Waals surface area contributed by atoms with Crippen molar-refractivity contribution in [3.05, 3.63) is 51.1 Å². The third-order valence-corrected chi connectivity index (χ3v) is 3.72. The summed E-state index contributed by atoms with van der Waals surface area (Å²) in [6.07, 6.45) is 1.05. The lowest BCUT2D eigenvalue weighted by molar-refractivity contribution is -0.385. The van der Waals surface area contributed by atoms with Gasteiger partial charge < -0.3 is 9.84 Å². The topological polar surface area (TPSA) is 157 Å². The number of aromatic nitrogens is 4. The monoisotopic (exact) mass is 385 g/mol. The van der Waals surface area contributed by atoms with Gasteiger partial charge in [-0.15, -0.1) is 5.10 Å². The molecule has 0 bridgehead atoms. The molecule has 0 saturated heterocycles. The van der Waals surface area contributed by atoms with Gasteiger partial charge in [-0.3, -0.25) is 14.9 Å². The first kappa shape index (κ1) is 18.7. The minimum Gasteiger partial charge on any atom is -0.502 e. The van der Waals surface area contributed by atoms with Gasteiger partial charge in [-0.2, -0.15) is 10.1 Å². The Morgan fingerprint density at radius 3 is 2.79 bits per heavy atom. The van der Waals surface area contributed by atoms with E-state index in [1.54, 1.807) is 19.9 Å². The molecule has 0 radical (unpaired) electrons. The van der Waals surface area contributed by atoms with Crippen LogP contribution in [0.25, 0.3) is 5.78 Å². The van der Waals surface area contributed by atoms with Crippen molar-refractivity contribution < 1.29 is 19.6 Å². The number of methoxy groups -OCH3 is 1. The quantitative estimate of drug-likeness (QED) is 0.376. The molecular formula is C16H15N7O5. The van der Waals surface area contributed by atoms with Gasteiger partial charge in [0.25, 0.3) is 5.78 Å². The van der Waals surface area contributed by atoms with Gasteiger partial charge in [0.05, 0.1) is 24.3 Å². The number of hydrogen-bond donors (Lipinski definition) is 2. The molecule has 144 valence electrons. The van der Waals surface area contributed by atoms with E-state index in [0.717, 1.165) is 23.7 Å². The average molecular weight is 385 g/mol. The lowest BCUT2D eigenvalue weighted by Crippen LogP contribution is -2.19. The number of benzene rings is 1. The molecule has 0 aliphatic rings. The molecule has 0 atom stereocenters. The molecule has 1 amide bonds. The van der Waals surface area contributed by atoms with Crippen molar-refractivity contribution in [2.45, 2.75) is 13.8 Å². The van der Waals surface area contributed by atoms with E-state index in [9.17, 15) is 20.0 Å². The van der Waals surface area contributed by atoms with Gasteiger partial charge >= 0.3 is 11.6 Å². The SMILES string of the molecule is COc1cc(/C=N\NC(=O)c2nc3nc(C)cc(C)n3n2)c(O)c([N+](=O)[O-])c1. The number of carbonyl (C=O) groups excluding carboxylic acids is 1. The van der Waals surface area contributed by atoms with Crippen LogP contribution in [0.2, 0.25) is 0 Å². The highest BCUT2D eigenvalue weighted by Crippen LogP contribution is 2.33. The summed E-state index contributed by atoms with van der Waals surface area (Å²) in [6.45, 7) is 3.60. The Morgan fingerprint density at radius 1 is 1.36 bits per heavy atom. The molecule has 12 heteroatoms. The maximum atomic E-state index is 12.2. The average Bonchev–Trinajstić information content (AvgIpc) is 3.07. The summed E-state index contributed by atoms with van der Waals surface area (Å²) in [5.41, 5.74) is 3.13. The zero-order valence-corrected chi connectivity index (χ0v) is 15.1. The zero-order chi connectivity index (χ0) is 20.4. The van der Waals surface area contributed by atoms with Crippen LogP contribution in [0.15, 0.2) is 23.3 Å². The van der Waals surface area contributed by atoms with E-state index in [1.807, 2.05) is 0 Å². The summed E-state index contributed by atoms with van der Waals surface area (Å²) in [4.78, 5) is 30.7. The summed E-state index contributed by atoms with van der Waals surface area (Å²) in [5.74, 6) is -1.05. The van der Waals surface area contributed by atoms with Crippen LogP contribution in [0.1, 0.15) is 27.6 Å². The predicted molar refractivity (Wildman–Crippen MR) is 96.6 cm³/mol. The number of hydrogen-bond acceptors (Lipinski definition) is 9. The van der Waals surface area contributed by atoms with Crippen molar-refractivity contribution in [1.82, 2.24) is 25.0 Å². The van der Waals surface area contributed by atoms with Crippen LogP contribution >= 0.6 is 0 Å². The number of nitrogens with one attached hydrogen (secondary N) is 1. The van der Waals surface area contributed by atoms with Crippen molar-refractivity contribution in [1.29, 1.82) is 0 Å². The molecule has 0 aliphatic heterocycles. The summed E-state index contributed by atoms with van der Waals surface area (Å²) in [5, 5.41) is 28.7. The number of phenolic OH excluding ortho intramolecular Hbond substituents is 1. The molecule has 2 N–H and O–H groups in total. The molecule has 2 heterocycles. The van der Waals surface area contributed by atoms with E-state index in [-0.39, 0.29) is 22.9 Å². The van der Waals surface area contributed by atoms with Gasteiger partial charge in [0, 0.05) is 17.0 Å². The van der Waals surface area contributed by atoms with Gasteiger partial charge in [0.2, 0.25) is 11.6 Å². The number of ether oxygens (including phenoxy) is 1. The van der Waals surface area contributed by atoms with Crippen molar-refractivity contribution in [3.63, 3.8) is 0 Å². The predicted octanol–water partition coefficient (Wildman–Crippen LogP) is 1.13. The van der Waals surface area contributed by atoms with Gasteiger partial charge in [0.15, 0.2) is 0 Å². The summed E-state index contributed by atoms with van der Waals surface area (Å²) < 4.78 is 6.38. The Hall–Kier alpha value is -4.09. The first-order chi connectivity index (χ1) is 13.3. The van der Waals surface area contributed by atoms with Crippen LogP contribution in [0.4, 0.5) is 5.69 Å². The fraction of sp³-hybridized carbons (Fsp3) is 0.188.